The van der Waals surface area contributed by atoms with Crippen LogP contribution in [0.25, 0.3) is 0 Å². The fourth-order valence-corrected chi connectivity index (χ4v) is 5.73. The van der Waals surface area contributed by atoms with Gasteiger partial charge in [-0.15, -0.1) is 23.5 Å². The van der Waals surface area contributed by atoms with Crippen molar-refractivity contribution in [1.82, 2.24) is 0 Å². The van der Waals surface area contributed by atoms with Crippen molar-refractivity contribution < 1.29 is 57.4 Å². The number of rotatable bonds is 0. The van der Waals surface area contributed by atoms with Gasteiger partial charge in [0.05, 0.1) is 0 Å². The van der Waals surface area contributed by atoms with Gasteiger partial charge in [-0.25, -0.2) is 0 Å². The standard InChI is InChI=1S/C10H6F12OS2/c11-7(12,13)5(8(14,15)16)1-3-23-4(25-5)2-6(24-3,9(17,18)19)10(20,21)22/h3-4H,1-2H2. The van der Waals surface area contributed by atoms with Gasteiger partial charge in [-0.2, -0.15) is 52.7 Å². The van der Waals surface area contributed by atoms with Gasteiger partial charge in [0.25, 0.3) is 0 Å². The van der Waals surface area contributed by atoms with Gasteiger partial charge in [-0.3, -0.25) is 0 Å². The first-order valence-electron chi connectivity index (χ1n) is 6.14. The number of hydrogen-bond acceptors (Lipinski definition) is 3. The van der Waals surface area contributed by atoms with Crippen LogP contribution in [0, 0.1) is 0 Å². The van der Waals surface area contributed by atoms with Crippen LogP contribution in [0.5, 0.6) is 0 Å². The van der Waals surface area contributed by atoms with E-state index < -0.39 is 81.4 Å². The lowest BCUT2D eigenvalue weighted by Crippen LogP contribution is -2.65. The Morgan fingerprint density at radius 3 is 1.00 bits per heavy atom. The zero-order valence-corrected chi connectivity index (χ0v) is 13.0. The molecule has 1 nitrogen and oxygen atoms in total. The van der Waals surface area contributed by atoms with Crippen LogP contribution in [0.15, 0.2) is 0 Å². The van der Waals surface area contributed by atoms with Crippen LogP contribution in [0.4, 0.5) is 52.7 Å². The van der Waals surface area contributed by atoms with Crippen LogP contribution in [-0.4, -0.2) is 45.1 Å². The predicted molar refractivity (Wildman–Crippen MR) is 62.8 cm³/mol. The maximum Gasteiger partial charge on any atom is 0.412 e. The zero-order valence-electron chi connectivity index (χ0n) is 11.3. The molecule has 0 spiro atoms. The molecule has 0 aromatic heterocycles. The first-order chi connectivity index (χ1) is 10.9. The lowest BCUT2D eigenvalue weighted by molar-refractivity contribution is -0.283. The highest BCUT2D eigenvalue weighted by Crippen LogP contribution is 2.67. The monoisotopic (exact) mass is 434 g/mol. The topological polar surface area (TPSA) is 9.23 Å². The highest BCUT2D eigenvalue weighted by Gasteiger charge is 2.80. The van der Waals surface area contributed by atoms with Gasteiger partial charge in [-0.1, -0.05) is 0 Å². The summed E-state index contributed by atoms with van der Waals surface area (Å²) in [5.74, 6) is 0. The van der Waals surface area contributed by atoms with Crippen LogP contribution in [-0.2, 0) is 4.74 Å². The van der Waals surface area contributed by atoms with E-state index in [1.165, 1.54) is 0 Å². The van der Waals surface area contributed by atoms with Crippen molar-refractivity contribution in [3.8, 4) is 0 Å². The smallest absolute Gasteiger partial charge is 0.354 e. The van der Waals surface area contributed by atoms with Gasteiger partial charge in [0.2, 0.25) is 9.49 Å². The SMILES string of the molecule is FC(F)(F)C1(C(F)(F)F)CC2OC(CC(C(F)(F)F)(C(F)(F)F)S2)S1. The fourth-order valence-electron chi connectivity index (χ4n) is 2.47. The summed E-state index contributed by atoms with van der Waals surface area (Å²) in [6.45, 7) is 0. The van der Waals surface area contributed by atoms with E-state index in [0.29, 0.717) is 0 Å². The van der Waals surface area contributed by atoms with E-state index in [1.807, 2.05) is 0 Å². The molecule has 0 aromatic rings. The van der Waals surface area contributed by atoms with Gasteiger partial charge < -0.3 is 4.74 Å². The predicted octanol–water partition coefficient (Wildman–Crippen LogP) is 5.66. The molecule has 2 fully saturated rings. The molecule has 2 aliphatic heterocycles. The van der Waals surface area contributed by atoms with E-state index in [1.54, 1.807) is 0 Å². The molecule has 0 aliphatic carbocycles. The van der Waals surface area contributed by atoms with E-state index >= 15 is 0 Å². The van der Waals surface area contributed by atoms with E-state index in [9.17, 15) is 52.7 Å². The van der Waals surface area contributed by atoms with Crippen molar-refractivity contribution in [2.24, 2.45) is 0 Å². The van der Waals surface area contributed by atoms with Crippen molar-refractivity contribution in [3.63, 3.8) is 0 Å². The van der Waals surface area contributed by atoms with Crippen LogP contribution >= 0.6 is 23.5 Å². The summed E-state index contributed by atoms with van der Waals surface area (Å²) < 4.78 is 152. The molecular weight excluding hydrogens is 428 g/mol. The molecule has 2 aliphatic rings. The number of fused-ring (bicyclic) bond motifs is 2. The third-order valence-electron chi connectivity index (χ3n) is 3.71. The maximum absolute atomic E-state index is 13.0. The van der Waals surface area contributed by atoms with E-state index in [0.717, 1.165) is 0 Å². The largest absolute Gasteiger partial charge is 0.412 e. The van der Waals surface area contributed by atoms with Crippen molar-refractivity contribution >= 4 is 23.5 Å². The molecule has 0 aromatic carbocycles. The molecule has 2 bridgehead atoms. The van der Waals surface area contributed by atoms with E-state index in [-0.39, 0.29) is 0 Å². The second-order valence-corrected chi connectivity index (χ2v) is 8.20. The van der Waals surface area contributed by atoms with E-state index in [4.69, 9.17) is 0 Å². The molecule has 2 rings (SSSR count). The lowest BCUT2D eigenvalue weighted by atomic mass is 10.0. The molecule has 2 saturated heterocycles. The van der Waals surface area contributed by atoms with Gasteiger partial charge >= 0.3 is 24.7 Å². The van der Waals surface area contributed by atoms with E-state index in [2.05, 4.69) is 4.74 Å². The molecular formula is C10H6F12OS2. The summed E-state index contributed by atoms with van der Waals surface area (Å²) in [6.07, 6.45) is -28.0. The summed E-state index contributed by atoms with van der Waals surface area (Å²) in [7, 11) is 0. The molecule has 2 atom stereocenters. The van der Waals surface area contributed by atoms with Crippen LogP contribution in [0.3, 0.4) is 0 Å². The zero-order chi connectivity index (χ0) is 19.7. The third-order valence-corrected chi connectivity index (χ3v) is 6.85. The highest BCUT2D eigenvalue weighted by molar-refractivity contribution is 8.03. The minimum atomic E-state index is -5.94. The Kier molecular flexibility index (Phi) is 4.78. The van der Waals surface area contributed by atoms with Crippen LogP contribution < -0.4 is 0 Å². The first-order valence-corrected chi connectivity index (χ1v) is 7.90. The molecule has 0 saturated carbocycles. The van der Waals surface area contributed by atoms with Gasteiger partial charge in [0, 0.05) is 12.8 Å². The van der Waals surface area contributed by atoms with Crippen molar-refractivity contribution in [2.45, 2.75) is 57.9 Å². The fraction of sp³-hybridized carbons (Fsp3) is 1.00. The van der Waals surface area contributed by atoms with Gasteiger partial charge in [0.1, 0.15) is 10.9 Å². The number of thioether (sulfide) groups is 2. The molecule has 0 N–H and O–H groups in total. The maximum atomic E-state index is 13.0. The Morgan fingerprint density at radius 1 is 0.560 bits per heavy atom. The molecule has 15 heteroatoms. The van der Waals surface area contributed by atoms with Crippen molar-refractivity contribution in [1.29, 1.82) is 0 Å². The molecule has 148 valence electrons. The lowest BCUT2D eigenvalue weighted by Gasteiger charge is -2.52. The summed E-state index contributed by atoms with van der Waals surface area (Å²) in [4.78, 5) is 0. The third kappa shape index (κ3) is 3.17. The van der Waals surface area contributed by atoms with Crippen LogP contribution in [0.1, 0.15) is 12.8 Å². The number of halogens is 12. The summed E-state index contributed by atoms with van der Waals surface area (Å²) in [6, 6.07) is 0. The molecule has 25 heavy (non-hydrogen) atoms. The minimum absolute atomic E-state index is 1.10. The second-order valence-electron chi connectivity index (χ2n) is 5.28. The molecule has 2 heterocycles. The normalized spacial score (nSPS) is 30.2. The highest BCUT2D eigenvalue weighted by atomic mass is 32.2. The number of ether oxygens (including phenoxy) is 1. The molecule has 0 amide bonds. The first kappa shape index (κ1) is 21.1. The second kappa shape index (κ2) is 5.66. The quantitative estimate of drug-likeness (QED) is 0.456. The Labute approximate surface area is 139 Å². The Balaban J connectivity index is 2.47. The summed E-state index contributed by atoms with van der Waals surface area (Å²) in [5, 5.41) is 0. The minimum Gasteiger partial charge on any atom is -0.354 e. The molecule has 2 unspecified atom stereocenters. The average molecular weight is 434 g/mol. The Hall–Kier alpha value is -0.180. The summed E-state index contributed by atoms with van der Waals surface area (Å²) >= 11 is -2.21. The Morgan fingerprint density at radius 2 is 0.800 bits per heavy atom. The Bertz CT molecular complexity index is 428. The van der Waals surface area contributed by atoms with Crippen LogP contribution in [0.2, 0.25) is 0 Å². The number of alkyl halides is 12. The molecule has 0 radical (unpaired) electrons. The summed E-state index contributed by atoms with van der Waals surface area (Å²) in [5.41, 5.74) is -5.15. The average Bonchev–Trinajstić information content (AvgIpc) is 2.31. The van der Waals surface area contributed by atoms with Gasteiger partial charge in [0.15, 0.2) is 0 Å². The van der Waals surface area contributed by atoms with Gasteiger partial charge in [-0.05, 0) is 0 Å². The van der Waals surface area contributed by atoms with Crippen molar-refractivity contribution in [2.75, 3.05) is 0 Å². The van der Waals surface area contributed by atoms with Crippen molar-refractivity contribution in [3.05, 3.63) is 0 Å². The number of hydrogen-bond donors (Lipinski definition) is 0.